The number of carboxylic acids is 1. The maximum atomic E-state index is 10.6. The minimum atomic E-state index is -0.911. The number of carboxylic acid groups (broad SMARTS) is 1. The van der Waals surface area contributed by atoms with Gasteiger partial charge in [0.15, 0.2) is 0 Å². The number of rotatable bonds is 3. The van der Waals surface area contributed by atoms with Crippen molar-refractivity contribution in [3.63, 3.8) is 0 Å². The monoisotopic (exact) mass is 273 g/mol. The minimum Gasteiger partial charge on any atom is -0.478 e. The average molecular weight is 273 g/mol. The molecule has 0 aromatic heterocycles. The first-order valence-corrected chi connectivity index (χ1v) is 7.14. The van der Waals surface area contributed by atoms with Crippen LogP contribution in [0, 0.1) is 12.3 Å². The third-order valence-corrected chi connectivity index (χ3v) is 3.92. The Morgan fingerprint density at radius 1 is 1.40 bits per heavy atom. The first kappa shape index (κ1) is 14.6. The number of aryl methyl sites for hydroxylation is 1. The highest BCUT2D eigenvalue weighted by molar-refractivity contribution is 5.85. The molecule has 0 amide bonds. The van der Waals surface area contributed by atoms with Crippen molar-refractivity contribution < 1.29 is 9.90 Å². The second kappa shape index (κ2) is 5.70. The fraction of sp³-hybridized carbons (Fsp3) is 0.471. The SMILES string of the molecule is Cc1cc(N2CCCC(C)(C)C2)ccc1C=CC(=O)O. The molecular weight excluding hydrogens is 250 g/mol. The van der Waals surface area contributed by atoms with Crippen molar-refractivity contribution in [1.82, 2.24) is 0 Å². The molecule has 0 radical (unpaired) electrons. The molecule has 1 aromatic rings. The molecule has 3 nitrogen and oxygen atoms in total. The van der Waals surface area contributed by atoms with E-state index in [4.69, 9.17) is 5.11 Å². The normalized spacial score (nSPS) is 18.4. The lowest BCUT2D eigenvalue weighted by molar-refractivity contribution is -0.131. The fourth-order valence-corrected chi connectivity index (χ4v) is 2.85. The topological polar surface area (TPSA) is 40.5 Å². The van der Waals surface area contributed by atoms with Gasteiger partial charge in [-0.3, -0.25) is 0 Å². The Morgan fingerprint density at radius 2 is 2.15 bits per heavy atom. The van der Waals surface area contributed by atoms with Crippen molar-refractivity contribution in [2.45, 2.75) is 33.6 Å². The first-order valence-electron chi connectivity index (χ1n) is 7.14. The van der Waals surface area contributed by atoms with Crippen molar-refractivity contribution in [1.29, 1.82) is 0 Å². The number of nitrogens with zero attached hydrogens (tertiary/aromatic N) is 1. The van der Waals surface area contributed by atoms with E-state index in [9.17, 15) is 4.79 Å². The van der Waals surface area contributed by atoms with E-state index < -0.39 is 5.97 Å². The number of benzene rings is 1. The fourth-order valence-electron chi connectivity index (χ4n) is 2.85. The van der Waals surface area contributed by atoms with Gasteiger partial charge in [0, 0.05) is 24.9 Å². The van der Waals surface area contributed by atoms with E-state index in [0.717, 1.165) is 24.2 Å². The molecule has 20 heavy (non-hydrogen) atoms. The molecular formula is C17H23NO2. The van der Waals surface area contributed by atoms with E-state index in [1.165, 1.54) is 24.6 Å². The Labute approximate surface area is 120 Å². The standard InChI is InChI=1S/C17H23NO2/c1-13-11-15(7-5-14(13)6-8-16(19)20)18-10-4-9-17(2,3)12-18/h5-8,11H,4,9-10,12H2,1-3H3,(H,19,20). The average Bonchev–Trinajstić information content (AvgIpc) is 2.36. The summed E-state index contributed by atoms with van der Waals surface area (Å²) in [5, 5.41) is 8.69. The van der Waals surface area contributed by atoms with E-state index in [-0.39, 0.29) is 0 Å². The Kier molecular flexibility index (Phi) is 4.17. The maximum absolute atomic E-state index is 10.6. The number of hydrogen-bond acceptors (Lipinski definition) is 2. The molecule has 2 rings (SSSR count). The van der Waals surface area contributed by atoms with Crippen LogP contribution in [0.25, 0.3) is 6.08 Å². The highest BCUT2D eigenvalue weighted by Gasteiger charge is 2.26. The van der Waals surface area contributed by atoms with Crippen LogP contribution in [0.1, 0.15) is 37.8 Å². The summed E-state index contributed by atoms with van der Waals surface area (Å²) >= 11 is 0. The molecule has 1 N–H and O–H groups in total. The third kappa shape index (κ3) is 3.62. The van der Waals surface area contributed by atoms with E-state index in [0.29, 0.717) is 5.41 Å². The van der Waals surface area contributed by atoms with Gasteiger partial charge in [-0.05, 0) is 54.5 Å². The molecule has 1 heterocycles. The second-order valence-electron chi connectivity index (χ2n) is 6.40. The van der Waals surface area contributed by atoms with Crippen molar-refractivity contribution in [3.05, 3.63) is 35.4 Å². The molecule has 0 aliphatic carbocycles. The van der Waals surface area contributed by atoms with Gasteiger partial charge < -0.3 is 10.0 Å². The van der Waals surface area contributed by atoms with Crippen LogP contribution in [0.3, 0.4) is 0 Å². The molecule has 1 aromatic carbocycles. The Morgan fingerprint density at radius 3 is 2.75 bits per heavy atom. The lowest BCUT2D eigenvalue weighted by atomic mass is 9.84. The summed E-state index contributed by atoms with van der Waals surface area (Å²) < 4.78 is 0. The van der Waals surface area contributed by atoms with Gasteiger partial charge >= 0.3 is 5.97 Å². The molecule has 0 saturated carbocycles. The zero-order chi connectivity index (χ0) is 14.8. The molecule has 3 heteroatoms. The Bertz CT molecular complexity index is 532. The summed E-state index contributed by atoms with van der Waals surface area (Å²) in [4.78, 5) is 13.0. The summed E-state index contributed by atoms with van der Waals surface area (Å²) in [6.07, 6.45) is 5.35. The summed E-state index contributed by atoms with van der Waals surface area (Å²) in [5.41, 5.74) is 3.69. The zero-order valence-corrected chi connectivity index (χ0v) is 12.5. The van der Waals surface area contributed by atoms with Gasteiger partial charge in [-0.1, -0.05) is 19.9 Å². The lowest BCUT2D eigenvalue weighted by Gasteiger charge is -2.39. The number of carbonyl (C=O) groups is 1. The number of piperidine rings is 1. The summed E-state index contributed by atoms with van der Waals surface area (Å²) in [5.74, 6) is -0.911. The van der Waals surface area contributed by atoms with Gasteiger partial charge in [0.25, 0.3) is 0 Å². The van der Waals surface area contributed by atoms with Gasteiger partial charge in [0.05, 0.1) is 0 Å². The van der Waals surface area contributed by atoms with E-state index in [1.54, 1.807) is 6.08 Å². The minimum absolute atomic E-state index is 0.369. The maximum Gasteiger partial charge on any atom is 0.328 e. The molecule has 1 fully saturated rings. The predicted octanol–water partition coefficient (Wildman–Crippen LogP) is 3.72. The van der Waals surface area contributed by atoms with Gasteiger partial charge in [0.1, 0.15) is 0 Å². The number of anilines is 1. The van der Waals surface area contributed by atoms with Crippen molar-refractivity contribution in [2.75, 3.05) is 18.0 Å². The van der Waals surface area contributed by atoms with Crippen LogP contribution >= 0.6 is 0 Å². The highest BCUT2D eigenvalue weighted by Crippen LogP contribution is 2.32. The summed E-state index contributed by atoms with van der Waals surface area (Å²) in [6.45, 7) is 8.84. The molecule has 1 aliphatic heterocycles. The number of hydrogen-bond donors (Lipinski definition) is 1. The predicted molar refractivity (Wildman–Crippen MR) is 83.1 cm³/mol. The van der Waals surface area contributed by atoms with Crippen molar-refractivity contribution >= 4 is 17.7 Å². The van der Waals surface area contributed by atoms with E-state index in [2.05, 4.69) is 30.9 Å². The molecule has 0 bridgehead atoms. The summed E-state index contributed by atoms with van der Waals surface area (Å²) in [7, 11) is 0. The van der Waals surface area contributed by atoms with Crippen LogP contribution in [-0.2, 0) is 4.79 Å². The van der Waals surface area contributed by atoms with E-state index >= 15 is 0 Å². The quantitative estimate of drug-likeness (QED) is 0.853. The third-order valence-electron chi connectivity index (χ3n) is 3.92. The first-order chi connectivity index (χ1) is 9.37. The van der Waals surface area contributed by atoms with Crippen molar-refractivity contribution in [3.8, 4) is 0 Å². The van der Waals surface area contributed by atoms with Crippen LogP contribution in [0.2, 0.25) is 0 Å². The zero-order valence-electron chi connectivity index (χ0n) is 12.5. The van der Waals surface area contributed by atoms with Gasteiger partial charge in [-0.2, -0.15) is 0 Å². The van der Waals surface area contributed by atoms with Gasteiger partial charge in [-0.15, -0.1) is 0 Å². The summed E-state index contributed by atoms with van der Waals surface area (Å²) in [6, 6.07) is 6.25. The molecule has 0 unspecified atom stereocenters. The largest absolute Gasteiger partial charge is 0.478 e. The van der Waals surface area contributed by atoms with Gasteiger partial charge in [-0.25, -0.2) is 4.79 Å². The van der Waals surface area contributed by atoms with Crippen LogP contribution in [0.5, 0.6) is 0 Å². The molecule has 0 spiro atoms. The van der Waals surface area contributed by atoms with Crippen LogP contribution in [-0.4, -0.2) is 24.2 Å². The van der Waals surface area contributed by atoms with Crippen LogP contribution < -0.4 is 4.90 Å². The van der Waals surface area contributed by atoms with Crippen LogP contribution in [0.4, 0.5) is 5.69 Å². The lowest BCUT2D eigenvalue weighted by Crippen LogP contribution is -2.40. The number of aliphatic carboxylic acids is 1. The van der Waals surface area contributed by atoms with Gasteiger partial charge in [0.2, 0.25) is 0 Å². The smallest absolute Gasteiger partial charge is 0.328 e. The molecule has 1 saturated heterocycles. The molecule has 1 aliphatic rings. The molecule has 108 valence electrons. The molecule has 0 atom stereocenters. The van der Waals surface area contributed by atoms with Crippen LogP contribution in [0.15, 0.2) is 24.3 Å². The Balaban J connectivity index is 2.18. The second-order valence-corrected chi connectivity index (χ2v) is 6.40. The van der Waals surface area contributed by atoms with Crippen molar-refractivity contribution in [2.24, 2.45) is 5.41 Å². The highest BCUT2D eigenvalue weighted by atomic mass is 16.4. The van der Waals surface area contributed by atoms with E-state index in [1.807, 2.05) is 13.0 Å². The Hall–Kier alpha value is -1.77.